The lowest BCUT2D eigenvalue weighted by Gasteiger charge is -2.24. The van der Waals surface area contributed by atoms with Crippen LogP contribution in [0.2, 0.25) is 0 Å². The minimum absolute atomic E-state index is 0.0249. The predicted octanol–water partition coefficient (Wildman–Crippen LogP) is 2.17. The molecule has 1 atom stereocenters. The highest BCUT2D eigenvalue weighted by Crippen LogP contribution is 2.17. The topological polar surface area (TPSA) is 48.1 Å². The lowest BCUT2D eigenvalue weighted by Crippen LogP contribution is -2.45. The van der Waals surface area contributed by atoms with Crippen LogP contribution in [0.4, 0.5) is 0 Å². The molecular formula is C18H23N3O. The Morgan fingerprint density at radius 2 is 2.23 bits per heavy atom. The molecule has 2 rings (SSSR count). The summed E-state index contributed by atoms with van der Waals surface area (Å²) in [5.74, 6) is 2.62. The minimum atomic E-state index is -0.205. The van der Waals surface area contributed by atoms with Crippen LogP contribution >= 0.6 is 0 Å². The number of carbonyl (C=O) groups is 1. The van der Waals surface area contributed by atoms with E-state index in [4.69, 9.17) is 6.42 Å². The first-order chi connectivity index (χ1) is 10.7. The second-order valence-corrected chi connectivity index (χ2v) is 5.34. The van der Waals surface area contributed by atoms with Gasteiger partial charge in [-0.1, -0.05) is 31.0 Å². The van der Waals surface area contributed by atoms with Gasteiger partial charge in [0.1, 0.15) is 0 Å². The first-order valence-electron chi connectivity index (χ1n) is 7.67. The van der Waals surface area contributed by atoms with Gasteiger partial charge in [-0.2, -0.15) is 0 Å². The van der Waals surface area contributed by atoms with E-state index in [2.05, 4.69) is 28.4 Å². The summed E-state index contributed by atoms with van der Waals surface area (Å²) in [5, 5.41) is 4.21. The number of hydrogen-bond donors (Lipinski definition) is 2. The summed E-state index contributed by atoms with van der Waals surface area (Å²) in [6.45, 7) is 5.78. The maximum Gasteiger partial charge on any atom is 0.237 e. The Kier molecular flexibility index (Phi) is 5.62. The fourth-order valence-electron chi connectivity index (χ4n) is 2.61. The smallest absolute Gasteiger partial charge is 0.237 e. The molecule has 22 heavy (non-hydrogen) atoms. The van der Waals surface area contributed by atoms with Gasteiger partial charge in [-0.3, -0.25) is 9.69 Å². The molecule has 1 aromatic carbocycles. The van der Waals surface area contributed by atoms with Gasteiger partial charge in [0.2, 0.25) is 5.91 Å². The molecular weight excluding hydrogens is 274 g/mol. The van der Waals surface area contributed by atoms with E-state index >= 15 is 0 Å². The van der Waals surface area contributed by atoms with Crippen LogP contribution < -0.4 is 5.32 Å². The van der Waals surface area contributed by atoms with Crippen LogP contribution in [0.1, 0.15) is 19.4 Å². The van der Waals surface area contributed by atoms with E-state index in [0.29, 0.717) is 13.1 Å². The number of amides is 1. The number of benzene rings is 1. The van der Waals surface area contributed by atoms with Crippen molar-refractivity contribution in [3.05, 3.63) is 36.0 Å². The molecule has 4 heteroatoms. The molecule has 0 aliphatic heterocycles. The van der Waals surface area contributed by atoms with Gasteiger partial charge >= 0.3 is 0 Å². The van der Waals surface area contributed by atoms with Crippen LogP contribution in [0.5, 0.6) is 0 Å². The van der Waals surface area contributed by atoms with Crippen LogP contribution in [-0.4, -0.2) is 41.5 Å². The molecule has 1 heterocycles. The Labute approximate surface area is 131 Å². The van der Waals surface area contributed by atoms with Crippen LogP contribution in [0, 0.1) is 12.3 Å². The average Bonchev–Trinajstić information content (AvgIpc) is 2.95. The average molecular weight is 297 g/mol. The number of hydrogen-bond acceptors (Lipinski definition) is 2. The number of para-hydroxylation sites is 1. The third kappa shape index (κ3) is 3.69. The van der Waals surface area contributed by atoms with Crippen molar-refractivity contribution in [1.29, 1.82) is 0 Å². The molecule has 1 amide bonds. The SMILES string of the molecule is C#CCN(CC)[C@@H](C)C(=O)NCCc1c[nH]c2ccccc12. The van der Waals surface area contributed by atoms with Crippen molar-refractivity contribution in [2.45, 2.75) is 26.3 Å². The first kappa shape index (κ1) is 16.1. The van der Waals surface area contributed by atoms with Crippen LogP contribution in [0.3, 0.4) is 0 Å². The summed E-state index contributed by atoms with van der Waals surface area (Å²) in [7, 11) is 0. The van der Waals surface area contributed by atoms with Crippen molar-refractivity contribution in [3.8, 4) is 12.3 Å². The van der Waals surface area contributed by atoms with Crippen LogP contribution in [-0.2, 0) is 11.2 Å². The lowest BCUT2D eigenvalue weighted by atomic mass is 10.1. The zero-order chi connectivity index (χ0) is 15.9. The van der Waals surface area contributed by atoms with Gasteiger partial charge in [-0.25, -0.2) is 0 Å². The van der Waals surface area contributed by atoms with Crippen molar-refractivity contribution in [2.75, 3.05) is 19.6 Å². The van der Waals surface area contributed by atoms with Gasteiger partial charge in [-0.15, -0.1) is 6.42 Å². The zero-order valence-corrected chi connectivity index (χ0v) is 13.2. The maximum absolute atomic E-state index is 12.2. The van der Waals surface area contributed by atoms with Crippen molar-refractivity contribution < 1.29 is 4.79 Å². The van der Waals surface area contributed by atoms with Crippen molar-refractivity contribution in [3.63, 3.8) is 0 Å². The van der Waals surface area contributed by atoms with Crippen molar-refractivity contribution >= 4 is 16.8 Å². The van der Waals surface area contributed by atoms with E-state index < -0.39 is 0 Å². The number of aromatic nitrogens is 1. The van der Waals surface area contributed by atoms with E-state index in [1.165, 1.54) is 10.9 Å². The van der Waals surface area contributed by atoms with E-state index in [0.717, 1.165) is 18.5 Å². The molecule has 2 N–H and O–H groups in total. The number of aromatic amines is 1. The highest BCUT2D eigenvalue weighted by atomic mass is 16.2. The van der Waals surface area contributed by atoms with Gasteiger partial charge in [0, 0.05) is 23.6 Å². The van der Waals surface area contributed by atoms with Gasteiger partial charge in [0.15, 0.2) is 0 Å². The van der Waals surface area contributed by atoms with Gasteiger partial charge in [-0.05, 0) is 31.5 Å². The maximum atomic E-state index is 12.2. The van der Waals surface area contributed by atoms with E-state index in [1.807, 2.05) is 37.1 Å². The fourth-order valence-corrected chi connectivity index (χ4v) is 2.61. The summed E-state index contributed by atoms with van der Waals surface area (Å²) in [5.41, 5.74) is 2.35. The molecule has 2 aromatic rings. The summed E-state index contributed by atoms with van der Waals surface area (Å²) in [4.78, 5) is 17.4. The van der Waals surface area contributed by atoms with E-state index in [-0.39, 0.29) is 11.9 Å². The number of nitrogens with one attached hydrogen (secondary N) is 2. The van der Waals surface area contributed by atoms with Crippen LogP contribution in [0.25, 0.3) is 10.9 Å². The molecule has 0 saturated carbocycles. The first-order valence-corrected chi connectivity index (χ1v) is 7.67. The number of terminal acetylenes is 1. The number of rotatable bonds is 7. The molecule has 0 radical (unpaired) electrons. The molecule has 116 valence electrons. The summed E-state index contributed by atoms with van der Waals surface area (Å²) in [6, 6.07) is 7.98. The standard InChI is InChI=1S/C18H23N3O/c1-4-12-21(5-2)14(3)18(22)19-11-10-15-13-20-17-9-7-6-8-16(15)17/h1,6-9,13-14,20H,5,10-12H2,2-3H3,(H,19,22)/t14-/m0/s1. The largest absolute Gasteiger partial charge is 0.361 e. The number of H-pyrrole nitrogens is 1. The number of nitrogens with zero attached hydrogens (tertiary/aromatic N) is 1. The Balaban J connectivity index is 1.88. The highest BCUT2D eigenvalue weighted by molar-refractivity contribution is 5.83. The molecule has 0 aliphatic carbocycles. The number of carbonyl (C=O) groups excluding carboxylic acids is 1. The monoisotopic (exact) mass is 297 g/mol. The van der Waals surface area contributed by atoms with E-state index in [9.17, 15) is 4.79 Å². The van der Waals surface area contributed by atoms with Crippen LogP contribution in [0.15, 0.2) is 30.5 Å². The number of fused-ring (bicyclic) bond motifs is 1. The third-order valence-corrected chi connectivity index (χ3v) is 4.00. The summed E-state index contributed by atoms with van der Waals surface area (Å²) in [6.07, 6.45) is 8.15. The fraction of sp³-hybridized carbons (Fsp3) is 0.389. The molecule has 4 nitrogen and oxygen atoms in total. The molecule has 0 saturated heterocycles. The van der Waals surface area contributed by atoms with E-state index in [1.54, 1.807) is 0 Å². The molecule has 0 aliphatic rings. The minimum Gasteiger partial charge on any atom is -0.361 e. The second kappa shape index (κ2) is 7.67. The number of likely N-dealkylation sites (N-methyl/N-ethyl adjacent to an activating group) is 1. The van der Waals surface area contributed by atoms with Crippen molar-refractivity contribution in [1.82, 2.24) is 15.2 Å². The Hall–Kier alpha value is -2.25. The highest BCUT2D eigenvalue weighted by Gasteiger charge is 2.18. The quantitative estimate of drug-likeness (QED) is 0.770. The van der Waals surface area contributed by atoms with Gasteiger partial charge in [0.05, 0.1) is 12.6 Å². The Morgan fingerprint density at radius 1 is 1.45 bits per heavy atom. The lowest BCUT2D eigenvalue weighted by molar-refractivity contribution is -0.125. The molecule has 0 bridgehead atoms. The Bertz CT molecular complexity index is 668. The normalized spacial score (nSPS) is 12.3. The van der Waals surface area contributed by atoms with Crippen molar-refractivity contribution in [2.24, 2.45) is 0 Å². The summed E-state index contributed by atoms with van der Waals surface area (Å²) < 4.78 is 0. The van der Waals surface area contributed by atoms with Gasteiger partial charge in [0.25, 0.3) is 0 Å². The molecule has 0 fully saturated rings. The molecule has 1 aromatic heterocycles. The third-order valence-electron chi connectivity index (χ3n) is 4.00. The second-order valence-electron chi connectivity index (χ2n) is 5.34. The molecule has 0 unspecified atom stereocenters. The molecule has 0 spiro atoms. The Morgan fingerprint density at radius 3 is 2.95 bits per heavy atom. The zero-order valence-electron chi connectivity index (χ0n) is 13.2. The summed E-state index contributed by atoms with van der Waals surface area (Å²) >= 11 is 0. The predicted molar refractivity (Wildman–Crippen MR) is 90.6 cm³/mol. The van der Waals surface area contributed by atoms with Gasteiger partial charge < -0.3 is 10.3 Å².